The molecule has 0 aromatic heterocycles. The zero-order chi connectivity index (χ0) is 7.84. The predicted octanol–water partition coefficient (Wildman–Crippen LogP) is -3.30. The Morgan fingerprint density at radius 1 is 1.15 bits per heavy atom. The summed E-state index contributed by atoms with van der Waals surface area (Å²) in [4.78, 5) is 0. The number of rotatable bonds is 0. The maximum Gasteiger partial charge on any atom is -1.00 e. The van der Waals surface area contributed by atoms with Crippen molar-refractivity contribution in [2.75, 3.05) is 0 Å². The quantitative estimate of drug-likeness (QED) is 0.457. The van der Waals surface area contributed by atoms with E-state index in [0.717, 1.165) is 0 Å². The Hall–Kier alpha value is -0.297. The van der Waals surface area contributed by atoms with Crippen LogP contribution >= 0.6 is 0 Å². The SMILES string of the molecule is CC1[C]([Zr+2])=Cc2ccccc21.[F-].[F-]. The van der Waals surface area contributed by atoms with Gasteiger partial charge < -0.3 is 9.41 Å². The van der Waals surface area contributed by atoms with Crippen molar-refractivity contribution in [3.8, 4) is 0 Å². The van der Waals surface area contributed by atoms with Crippen LogP contribution in [0.15, 0.2) is 27.5 Å². The third kappa shape index (κ3) is 2.14. The van der Waals surface area contributed by atoms with Crippen LogP contribution < -0.4 is 9.41 Å². The van der Waals surface area contributed by atoms with Gasteiger partial charge in [-0.25, -0.2) is 0 Å². The molecule has 0 N–H and O–H groups in total. The molecule has 1 aromatic rings. The van der Waals surface area contributed by atoms with Crippen LogP contribution in [-0.2, 0) is 24.7 Å². The van der Waals surface area contributed by atoms with E-state index in [9.17, 15) is 0 Å². The molecule has 0 heterocycles. The third-order valence-electron chi connectivity index (χ3n) is 2.24. The van der Waals surface area contributed by atoms with Crippen LogP contribution in [0.2, 0.25) is 0 Å². The minimum absolute atomic E-state index is 0. The van der Waals surface area contributed by atoms with Crippen molar-refractivity contribution >= 4 is 6.08 Å². The first-order valence-corrected chi connectivity index (χ1v) is 5.04. The van der Waals surface area contributed by atoms with Gasteiger partial charge in [-0.2, -0.15) is 0 Å². The van der Waals surface area contributed by atoms with Crippen LogP contribution in [0.4, 0.5) is 0 Å². The van der Waals surface area contributed by atoms with E-state index in [0.29, 0.717) is 5.92 Å². The van der Waals surface area contributed by atoms with Gasteiger partial charge in [-0.15, -0.1) is 0 Å². The smallest absolute Gasteiger partial charge is 1.00 e. The van der Waals surface area contributed by atoms with Gasteiger partial charge >= 0.3 is 82.3 Å². The Labute approximate surface area is 91.6 Å². The summed E-state index contributed by atoms with van der Waals surface area (Å²) in [5, 5.41) is 0. The predicted molar refractivity (Wildman–Crippen MR) is 42.8 cm³/mol. The second kappa shape index (κ2) is 4.81. The Bertz CT molecular complexity index is 320. The van der Waals surface area contributed by atoms with Crippen LogP contribution in [-0.4, -0.2) is 0 Å². The van der Waals surface area contributed by atoms with Gasteiger partial charge in [0.2, 0.25) is 0 Å². The molecule has 0 spiro atoms. The molecule has 67 valence electrons. The fourth-order valence-corrected chi connectivity index (χ4v) is 2.26. The third-order valence-corrected chi connectivity index (χ3v) is 3.66. The zero-order valence-electron chi connectivity index (χ0n) is 7.22. The fourth-order valence-electron chi connectivity index (χ4n) is 1.50. The average Bonchev–Trinajstić information content (AvgIpc) is 2.30. The summed E-state index contributed by atoms with van der Waals surface area (Å²) >= 11 is 1.55. The minimum atomic E-state index is 0. The molecule has 0 nitrogen and oxygen atoms in total. The summed E-state index contributed by atoms with van der Waals surface area (Å²) < 4.78 is 1.57. The molecule has 0 saturated heterocycles. The Morgan fingerprint density at radius 2 is 1.77 bits per heavy atom. The van der Waals surface area contributed by atoms with Crippen molar-refractivity contribution in [2.24, 2.45) is 0 Å². The van der Waals surface area contributed by atoms with Crippen molar-refractivity contribution < 1.29 is 34.1 Å². The molecular formula is C10H9F2Zr. The minimum Gasteiger partial charge on any atom is -1.00 e. The van der Waals surface area contributed by atoms with Gasteiger partial charge in [0.1, 0.15) is 0 Å². The number of fused-ring (bicyclic) bond motifs is 1. The maximum absolute atomic E-state index is 2.32. The number of benzene rings is 1. The summed E-state index contributed by atoms with van der Waals surface area (Å²) in [5.41, 5.74) is 2.92. The van der Waals surface area contributed by atoms with E-state index in [2.05, 4.69) is 37.3 Å². The van der Waals surface area contributed by atoms with Crippen molar-refractivity contribution in [3.63, 3.8) is 0 Å². The van der Waals surface area contributed by atoms with Crippen molar-refractivity contribution in [3.05, 3.63) is 38.7 Å². The van der Waals surface area contributed by atoms with Crippen LogP contribution in [0.1, 0.15) is 24.0 Å². The van der Waals surface area contributed by atoms with Crippen molar-refractivity contribution in [1.29, 1.82) is 0 Å². The Kier molecular flexibility index (Phi) is 4.70. The molecule has 1 atom stereocenters. The van der Waals surface area contributed by atoms with Crippen LogP contribution in [0.5, 0.6) is 0 Å². The van der Waals surface area contributed by atoms with Crippen molar-refractivity contribution in [1.82, 2.24) is 0 Å². The molecule has 0 aliphatic heterocycles. The first-order valence-electron chi connectivity index (χ1n) is 3.81. The number of allylic oxidation sites excluding steroid dienone is 1. The van der Waals surface area contributed by atoms with Crippen LogP contribution in [0, 0.1) is 0 Å². The average molecular weight is 258 g/mol. The van der Waals surface area contributed by atoms with Crippen molar-refractivity contribution in [2.45, 2.75) is 12.8 Å². The normalized spacial score (nSPS) is 18.1. The molecule has 2 rings (SSSR count). The second-order valence-electron chi connectivity index (χ2n) is 2.95. The van der Waals surface area contributed by atoms with E-state index in [1.807, 2.05) is 0 Å². The maximum atomic E-state index is 2.32. The van der Waals surface area contributed by atoms with E-state index in [-0.39, 0.29) is 9.41 Å². The van der Waals surface area contributed by atoms with Gasteiger partial charge in [0.15, 0.2) is 0 Å². The van der Waals surface area contributed by atoms with Gasteiger partial charge in [-0.05, 0) is 0 Å². The van der Waals surface area contributed by atoms with E-state index >= 15 is 0 Å². The van der Waals surface area contributed by atoms with Gasteiger partial charge in [0.05, 0.1) is 0 Å². The molecular weight excluding hydrogens is 249 g/mol. The molecule has 1 aromatic carbocycles. The van der Waals surface area contributed by atoms with Crippen LogP contribution in [0.3, 0.4) is 0 Å². The molecule has 1 aliphatic carbocycles. The molecule has 1 aliphatic rings. The molecule has 1 unspecified atom stereocenters. The topological polar surface area (TPSA) is 0 Å². The molecule has 0 amide bonds. The monoisotopic (exact) mass is 257 g/mol. The molecule has 0 radical (unpaired) electrons. The first kappa shape index (κ1) is 12.7. The molecule has 3 heteroatoms. The summed E-state index contributed by atoms with van der Waals surface area (Å²) in [7, 11) is 0. The van der Waals surface area contributed by atoms with Gasteiger partial charge in [-0.1, -0.05) is 0 Å². The summed E-state index contributed by atoms with van der Waals surface area (Å²) in [6, 6.07) is 8.66. The van der Waals surface area contributed by atoms with E-state index in [1.54, 1.807) is 28.0 Å². The first-order chi connectivity index (χ1) is 5.29. The summed E-state index contributed by atoms with van der Waals surface area (Å²) in [5.74, 6) is 0.671. The summed E-state index contributed by atoms with van der Waals surface area (Å²) in [6.45, 7) is 2.28. The zero-order valence-corrected chi connectivity index (χ0v) is 9.68. The number of halogens is 2. The van der Waals surface area contributed by atoms with Gasteiger partial charge in [-0.3, -0.25) is 0 Å². The van der Waals surface area contributed by atoms with Gasteiger partial charge in [0.25, 0.3) is 0 Å². The van der Waals surface area contributed by atoms with E-state index in [1.165, 1.54) is 11.1 Å². The second-order valence-corrected chi connectivity index (χ2v) is 4.37. The van der Waals surface area contributed by atoms with E-state index < -0.39 is 0 Å². The molecule has 0 fully saturated rings. The largest absolute Gasteiger partial charge is 1.00 e. The Balaban J connectivity index is 0.000000720. The fraction of sp³-hybridized carbons (Fsp3) is 0.200. The standard InChI is InChI=1S/C10H9.2FH.Zr/c1-8-6-7-9-4-2-3-5-10(8)9;;;/h2-5,7-8H,1H3;2*1H;/q;;;+2/p-2. The Morgan fingerprint density at radius 3 is 2.38 bits per heavy atom. The van der Waals surface area contributed by atoms with Crippen LogP contribution in [0.25, 0.3) is 6.08 Å². The van der Waals surface area contributed by atoms with Gasteiger partial charge in [0, 0.05) is 0 Å². The molecule has 13 heavy (non-hydrogen) atoms. The summed E-state index contributed by atoms with van der Waals surface area (Å²) in [6.07, 6.45) is 2.32. The molecule has 0 saturated carbocycles. The number of hydrogen-bond donors (Lipinski definition) is 0. The molecule has 0 bridgehead atoms. The number of hydrogen-bond acceptors (Lipinski definition) is 0. The van der Waals surface area contributed by atoms with E-state index in [4.69, 9.17) is 0 Å².